The predicted molar refractivity (Wildman–Crippen MR) is 91.9 cm³/mol. The molecule has 0 bridgehead atoms. The van der Waals surface area contributed by atoms with Gasteiger partial charge in [0.25, 0.3) is 0 Å². The van der Waals surface area contributed by atoms with Crippen molar-refractivity contribution in [2.75, 3.05) is 39.8 Å². The van der Waals surface area contributed by atoms with E-state index < -0.39 is 0 Å². The number of hydrogen-bond donors (Lipinski definition) is 2. The fourth-order valence-electron chi connectivity index (χ4n) is 2.24. The second-order valence-electron chi connectivity index (χ2n) is 5.04. The van der Waals surface area contributed by atoms with E-state index in [1.165, 1.54) is 5.56 Å². The van der Waals surface area contributed by atoms with Crippen LogP contribution in [0.3, 0.4) is 0 Å². The maximum atomic E-state index is 4.26. The van der Waals surface area contributed by atoms with Crippen molar-refractivity contribution in [2.24, 2.45) is 4.99 Å². The van der Waals surface area contributed by atoms with E-state index in [9.17, 15) is 0 Å². The highest BCUT2D eigenvalue weighted by atomic mass is 15.2. The van der Waals surface area contributed by atoms with Gasteiger partial charge in [0, 0.05) is 26.7 Å². The fourth-order valence-corrected chi connectivity index (χ4v) is 2.24. The lowest BCUT2D eigenvalue weighted by atomic mass is 10.1. The van der Waals surface area contributed by atoms with E-state index in [1.807, 2.05) is 7.05 Å². The van der Waals surface area contributed by atoms with Crippen molar-refractivity contribution in [3.05, 3.63) is 35.9 Å². The van der Waals surface area contributed by atoms with Crippen LogP contribution in [0.25, 0.3) is 0 Å². The van der Waals surface area contributed by atoms with Crippen LogP contribution in [-0.4, -0.2) is 50.6 Å². The number of aliphatic imine (C=N–C) groups is 1. The summed E-state index contributed by atoms with van der Waals surface area (Å²) in [6, 6.07) is 10.6. The summed E-state index contributed by atoms with van der Waals surface area (Å²) < 4.78 is 0. The molecule has 0 aromatic heterocycles. The third-order valence-electron chi connectivity index (χ3n) is 3.62. The first kappa shape index (κ1) is 17.5. The van der Waals surface area contributed by atoms with Crippen molar-refractivity contribution in [2.45, 2.75) is 26.7 Å². The number of nitrogens with zero attached hydrogens (tertiary/aromatic N) is 2. The van der Waals surface area contributed by atoms with E-state index in [4.69, 9.17) is 0 Å². The van der Waals surface area contributed by atoms with Crippen LogP contribution in [0.1, 0.15) is 25.8 Å². The van der Waals surface area contributed by atoms with Gasteiger partial charge in [0.2, 0.25) is 0 Å². The van der Waals surface area contributed by atoms with Gasteiger partial charge in [-0.2, -0.15) is 0 Å². The molecule has 21 heavy (non-hydrogen) atoms. The largest absolute Gasteiger partial charge is 0.356 e. The summed E-state index contributed by atoms with van der Waals surface area (Å²) in [6.45, 7) is 9.51. The molecule has 0 radical (unpaired) electrons. The Balaban J connectivity index is 2.14. The molecule has 0 aliphatic carbocycles. The van der Waals surface area contributed by atoms with Crippen LogP contribution >= 0.6 is 0 Å². The molecular formula is C17H30N4. The van der Waals surface area contributed by atoms with E-state index >= 15 is 0 Å². The van der Waals surface area contributed by atoms with Gasteiger partial charge in [-0.25, -0.2) is 0 Å². The number of nitrogens with one attached hydrogen (secondary N) is 2. The minimum Gasteiger partial charge on any atom is -0.356 e. The number of guanidine groups is 1. The molecule has 0 unspecified atom stereocenters. The Kier molecular flexibility index (Phi) is 9.29. The van der Waals surface area contributed by atoms with Gasteiger partial charge in [-0.3, -0.25) is 4.99 Å². The minimum atomic E-state index is 0.898. The van der Waals surface area contributed by atoms with Crippen molar-refractivity contribution in [3.8, 4) is 0 Å². The molecule has 0 aliphatic heterocycles. The Labute approximate surface area is 129 Å². The molecule has 2 N–H and O–H groups in total. The molecule has 118 valence electrons. The molecule has 0 aliphatic rings. The number of hydrogen-bond acceptors (Lipinski definition) is 2. The average Bonchev–Trinajstić information content (AvgIpc) is 2.54. The molecule has 1 rings (SSSR count). The molecule has 0 fully saturated rings. The van der Waals surface area contributed by atoms with Gasteiger partial charge in [0.15, 0.2) is 5.96 Å². The van der Waals surface area contributed by atoms with E-state index in [-0.39, 0.29) is 0 Å². The minimum absolute atomic E-state index is 0.898. The molecule has 0 spiro atoms. The van der Waals surface area contributed by atoms with Gasteiger partial charge < -0.3 is 15.5 Å². The Bertz CT molecular complexity index is 385. The van der Waals surface area contributed by atoms with Crippen molar-refractivity contribution in [1.82, 2.24) is 15.5 Å². The molecule has 4 heteroatoms. The summed E-state index contributed by atoms with van der Waals surface area (Å²) >= 11 is 0. The van der Waals surface area contributed by atoms with Crippen LogP contribution < -0.4 is 10.6 Å². The number of aryl methyl sites for hydroxylation is 1. The van der Waals surface area contributed by atoms with Crippen molar-refractivity contribution in [1.29, 1.82) is 0 Å². The van der Waals surface area contributed by atoms with Crippen LogP contribution in [0, 0.1) is 0 Å². The first-order valence-corrected chi connectivity index (χ1v) is 8.01. The molecule has 1 aromatic carbocycles. The Hall–Kier alpha value is -1.55. The standard InChI is InChI=1S/C17H30N4/c1-4-21(5-2)15-14-20-17(18-3)19-13-9-12-16-10-7-6-8-11-16/h6-8,10-11H,4-5,9,12-15H2,1-3H3,(H2,18,19,20). The van der Waals surface area contributed by atoms with Gasteiger partial charge in [-0.15, -0.1) is 0 Å². The third-order valence-corrected chi connectivity index (χ3v) is 3.62. The monoisotopic (exact) mass is 290 g/mol. The second-order valence-corrected chi connectivity index (χ2v) is 5.04. The Morgan fingerprint density at radius 1 is 1.05 bits per heavy atom. The lowest BCUT2D eigenvalue weighted by Crippen LogP contribution is -2.41. The van der Waals surface area contributed by atoms with E-state index in [0.717, 1.165) is 51.5 Å². The average molecular weight is 290 g/mol. The molecule has 0 heterocycles. The summed E-state index contributed by atoms with van der Waals surface area (Å²) in [5.74, 6) is 0.898. The molecule has 1 aromatic rings. The second kappa shape index (κ2) is 11.1. The molecule has 0 atom stereocenters. The summed E-state index contributed by atoms with van der Waals surface area (Å²) in [5, 5.41) is 6.73. The molecule has 0 amide bonds. The number of rotatable bonds is 9. The quantitative estimate of drug-likeness (QED) is 0.416. The van der Waals surface area contributed by atoms with Crippen molar-refractivity contribution >= 4 is 5.96 Å². The Morgan fingerprint density at radius 2 is 1.71 bits per heavy atom. The summed E-state index contributed by atoms with van der Waals surface area (Å²) in [4.78, 5) is 6.66. The fraction of sp³-hybridized carbons (Fsp3) is 0.588. The lowest BCUT2D eigenvalue weighted by molar-refractivity contribution is 0.308. The first-order valence-electron chi connectivity index (χ1n) is 8.01. The van der Waals surface area contributed by atoms with Crippen LogP contribution in [-0.2, 0) is 6.42 Å². The third kappa shape index (κ3) is 7.71. The van der Waals surface area contributed by atoms with Crippen LogP contribution in [0.2, 0.25) is 0 Å². The maximum Gasteiger partial charge on any atom is 0.191 e. The maximum absolute atomic E-state index is 4.26. The summed E-state index contributed by atoms with van der Waals surface area (Å²) in [7, 11) is 1.82. The van der Waals surface area contributed by atoms with E-state index in [1.54, 1.807) is 0 Å². The van der Waals surface area contributed by atoms with Gasteiger partial charge in [-0.05, 0) is 31.5 Å². The zero-order chi connectivity index (χ0) is 15.3. The molecule has 0 saturated heterocycles. The van der Waals surface area contributed by atoms with Crippen LogP contribution in [0.5, 0.6) is 0 Å². The van der Waals surface area contributed by atoms with E-state index in [0.29, 0.717) is 0 Å². The molecule has 0 saturated carbocycles. The lowest BCUT2D eigenvalue weighted by Gasteiger charge is -2.19. The molecule has 4 nitrogen and oxygen atoms in total. The number of likely N-dealkylation sites (N-methyl/N-ethyl adjacent to an activating group) is 1. The predicted octanol–water partition coefficient (Wildman–Crippen LogP) is 2.13. The van der Waals surface area contributed by atoms with Gasteiger partial charge >= 0.3 is 0 Å². The van der Waals surface area contributed by atoms with Gasteiger partial charge in [0.1, 0.15) is 0 Å². The van der Waals surface area contributed by atoms with Crippen LogP contribution in [0.4, 0.5) is 0 Å². The zero-order valence-corrected chi connectivity index (χ0v) is 13.7. The van der Waals surface area contributed by atoms with E-state index in [2.05, 4.69) is 64.7 Å². The molecular weight excluding hydrogens is 260 g/mol. The van der Waals surface area contributed by atoms with Gasteiger partial charge in [-0.1, -0.05) is 44.2 Å². The first-order chi connectivity index (χ1) is 10.3. The summed E-state index contributed by atoms with van der Waals surface area (Å²) in [5.41, 5.74) is 1.39. The van der Waals surface area contributed by atoms with Crippen molar-refractivity contribution in [3.63, 3.8) is 0 Å². The normalized spacial score (nSPS) is 11.7. The SMILES string of the molecule is CCN(CC)CCNC(=NC)NCCCc1ccccc1. The van der Waals surface area contributed by atoms with Gasteiger partial charge in [0.05, 0.1) is 0 Å². The number of benzene rings is 1. The Morgan fingerprint density at radius 3 is 2.33 bits per heavy atom. The zero-order valence-electron chi connectivity index (χ0n) is 13.7. The summed E-state index contributed by atoms with van der Waals surface area (Å²) in [6.07, 6.45) is 2.21. The highest BCUT2D eigenvalue weighted by molar-refractivity contribution is 5.79. The highest BCUT2D eigenvalue weighted by Crippen LogP contribution is 2.01. The van der Waals surface area contributed by atoms with Crippen molar-refractivity contribution < 1.29 is 0 Å². The smallest absolute Gasteiger partial charge is 0.191 e. The topological polar surface area (TPSA) is 39.7 Å². The highest BCUT2D eigenvalue weighted by Gasteiger charge is 2.00. The van der Waals surface area contributed by atoms with Crippen LogP contribution in [0.15, 0.2) is 35.3 Å².